The molecule has 0 bridgehead atoms. The molecular weight excluding hydrogens is 533 g/mol. The van der Waals surface area contributed by atoms with Crippen LogP contribution in [0.3, 0.4) is 0 Å². The third-order valence-electron chi connectivity index (χ3n) is 5.43. The molecule has 206 valence electrons. The van der Waals surface area contributed by atoms with Gasteiger partial charge in [0.25, 0.3) is 5.91 Å². The number of sulfonamides is 1. The van der Waals surface area contributed by atoms with Crippen LogP contribution in [0.2, 0.25) is 0 Å². The van der Waals surface area contributed by atoms with Crippen molar-refractivity contribution >= 4 is 22.0 Å². The maximum atomic E-state index is 14.8. The van der Waals surface area contributed by atoms with E-state index >= 15 is 0 Å². The summed E-state index contributed by atoms with van der Waals surface area (Å²) in [6.45, 7) is 3.13. The van der Waals surface area contributed by atoms with Gasteiger partial charge in [0, 0.05) is 32.4 Å². The van der Waals surface area contributed by atoms with E-state index in [-0.39, 0.29) is 12.3 Å². The molecule has 0 atom stereocenters. The van der Waals surface area contributed by atoms with Crippen LogP contribution < -0.4 is 10.2 Å². The average Bonchev–Trinajstić information content (AvgIpc) is 2.91. The summed E-state index contributed by atoms with van der Waals surface area (Å²) in [6, 6.07) is 4.76. The van der Waals surface area contributed by atoms with E-state index in [0.717, 1.165) is 29.2 Å². The fourth-order valence-corrected chi connectivity index (χ4v) is 4.87. The van der Waals surface area contributed by atoms with Crippen molar-refractivity contribution in [3.63, 3.8) is 0 Å². The van der Waals surface area contributed by atoms with Crippen LogP contribution >= 0.6 is 0 Å². The van der Waals surface area contributed by atoms with Crippen LogP contribution in [0.1, 0.15) is 0 Å². The fourth-order valence-electron chi connectivity index (χ4n) is 3.45. The zero-order chi connectivity index (χ0) is 27.9. The van der Waals surface area contributed by atoms with Crippen LogP contribution in [0, 0.1) is 17.5 Å². The van der Waals surface area contributed by atoms with Gasteiger partial charge in [-0.05, 0) is 36.4 Å². The Labute approximate surface area is 216 Å². The van der Waals surface area contributed by atoms with E-state index in [2.05, 4.69) is 6.58 Å². The molecule has 0 spiro atoms. The van der Waals surface area contributed by atoms with Gasteiger partial charge in [-0.2, -0.15) is 4.31 Å². The third-order valence-corrected chi connectivity index (χ3v) is 7.25. The molecule has 2 aromatic carbocycles. The number of ether oxygens (including phenoxy) is 2. The van der Waals surface area contributed by atoms with Crippen molar-refractivity contribution in [2.24, 2.45) is 0 Å². The van der Waals surface area contributed by atoms with Crippen molar-refractivity contribution in [1.82, 2.24) is 19.6 Å². The highest BCUT2D eigenvalue weighted by Crippen LogP contribution is 2.31. The summed E-state index contributed by atoms with van der Waals surface area (Å²) in [6.07, 6.45) is 1.18. The number of nitrogens with one attached hydrogen (secondary N) is 1. The maximum absolute atomic E-state index is 14.8. The van der Waals surface area contributed by atoms with Gasteiger partial charge in [0.2, 0.25) is 10.0 Å². The number of morpholine rings is 1. The first-order valence-electron chi connectivity index (χ1n) is 11.2. The second-order valence-corrected chi connectivity index (χ2v) is 9.84. The van der Waals surface area contributed by atoms with Crippen molar-refractivity contribution in [3.8, 4) is 11.5 Å². The molecular formula is C23H25F3N4O7S. The number of nitrogens with zero attached hydrogens (tertiary/aromatic N) is 3. The number of halogens is 3. The van der Waals surface area contributed by atoms with Crippen molar-refractivity contribution < 1.29 is 45.9 Å². The molecule has 2 N–H and O–H groups in total. The lowest BCUT2D eigenvalue weighted by Gasteiger charge is -2.32. The van der Waals surface area contributed by atoms with Gasteiger partial charge in [-0.3, -0.25) is 10.0 Å². The summed E-state index contributed by atoms with van der Waals surface area (Å²) < 4.78 is 79.9. The first-order valence-corrected chi connectivity index (χ1v) is 12.6. The number of hydroxylamine groups is 1. The Balaban J connectivity index is 1.84. The van der Waals surface area contributed by atoms with Crippen molar-refractivity contribution in [2.45, 2.75) is 4.90 Å². The lowest BCUT2D eigenvalue weighted by atomic mass is 10.3. The summed E-state index contributed by atoms with van der Waals surface area (Å²) >= 11 is 0. The molecule has 38 heavy (non-hydrogen) atoms. The molecule has 1 heterocycles. The van der Waals surface area contributed by atoms with E-state index in [1.54, 1.807) is 0 Å². The Morgan fingerprint density at radius 2 is 1.71 bits per heavy atom. The monoisotopic (exact) mass is 558 g/mol. The number of carbonyl (C=O) groups is 2. The van der Waals surface area contributed by atoms with E-state index in [1.165, 1.54) is 16.6 Å². The summed E-state index contributed by atoms with van der Waals surface area (Å²) in [4.78, 5) is 26.3. The standard InChI is InChI=1S/C23H25F3N4O7S/c1-2-28(23(32)29-9-11-36-12-10-29)7-8-30(15-21(31)27-33)38(34,35)18-13-19(25)22(20(26)14-18)37-17-5-3-16(24)4-6-17/h2-6,13-14,33H,1,7-12,15H2,(H,27,31). The Morgan fingerprint density at radius 3 is 2.26 bits per heavy atom. The topological polar surface area (TPSA) is 129 Å². The summed E-state index contributed by atoms with van der Waals surface area (Å²) in [5.74, 6) is -5.52. The van der Waals surface area contributed by atoms with Gasteiger partial charge < -0.3 is 19.3 Å². The Morgan fingerprint density at radius 1 is 1.11 bits per heavy atom. The number of hydrogen-bond donors (Lipinski definition) is 2. The van der Waals surface area contributed by atoms with Gasteiger partial charge in [0.15, 0.2) is 17.4 Å². The molecule has 3 amide bonds. The smallest absolute Gasteiger partial charge is 0.324 e. The van der Waals surface area contributed by atoms with Crippen LogP contribution in [0.4, 0.5) is 18.0 Å². The largest absolute Gasteiger partial charge is 0.451 e. The number of rotatable bonds is 10. The SMILES string of the molecule is C=CN(CCN(CC(=O)NO)S(=O)(=O)c1cc(F)c(Oc2ccc(F)cc2)c(F)c1)C(=O)N1CCOCC1. The van der Waals surface area contributed by atoms with Gasteiger partial charge in [0.05, 0.1) is 24.7 Å². The first kappa shape index (κ1) is 28.9. The summed E-state index contributed by atoms with van der Waals surface area (Å²) in [5.41, 5.74) is 1.30. The Kier molecular flexibility index (Phi) is 9.68. The van der Waals surface area contributed by atoms with Crippen molar-refractivity contribution in [2.75, 3.05) is 45.9 Å². The van der Waals surface area contributed by atoms with E-state index in [0.29, 0.717) is 42.7 Å². The lowest BCUT2D eigenvalue weighted by Crippen LogP contribution is -2.49. The van der Waals surface area contributed by atoms with Gasteiger partial charge in [-0.1, -0.05) is 6.58 Å². The minimum absolute atomic E-state index is 0.101. The molecule has 1 fully saturated rings. The molecule has 2 aromatic rings. The Hall–Kier alpha value is -3.66. The molecule has 11 nitrogen and oxygen atoms in total. The molecule has 1 saturated heterocycles. The molecule has 15 heteroatoms. The van der Waals surface area contributed by atoms with E-state index in [9.17, 15) is 31.2 Å². The zero-order valence-corrected chi connectivity index (χ0v) is 20.8. The molecule has 0 radical (unpaired) electrons. The third kappa shape index (κ3) is 7.00. The second-order valence-electron chi connectivity index (χ2n) is 7.90. The molecule has 0 unspecified atom stereocenters. The maximum Gasteiger partial charge on any atom is 0.324 e. The first-order chi connectivity index (χ1) is 18.1. The second kappa shape index (κ2) is 12.7. The highest BCUT2D eigenvalue weighted by atomic mass is 32.2. The van der Waals surface area contributed by atoms with Gasteiger partial charge in [-0.15, -0.1) is 0 Å². The minimum atomic E-state index is -4.73. The van der Waals surface area contributed by atoms with Crippen LogP contribution in [0.5, 0.6) is 11.5 Å². The summed E-state index contributed by atoms with van der Waals surface area (Å²) in [5, 5.41) is 8.90. The lowest BCUT2D eigenvalue weighted by molar-refractivity contribution is -0.129. The van der Waals surface area contributed by atoms with Crippen LogP contribution in [0.15, 0.2) is 54.1 Å². The number of benzene rings is 2. The molecule has 1 aliphatic rings. The van der Waals surface area contributed by atoms with E-state index in [4.69, 9.17) is 14.7 Å². The van der Waals surface area contributed by atoms with E-state index in [1.807, 2.05) is 0 Å². The van der Waals surface area contributed by atoms with Crippen LogP contribution in [-0.2, 0) is 19.6 Å². The van der Waals surface area contributed by atoms with Gasteiger partial charge >= 0.3 is 6.03 Å². The van der Waals surface area contributed by atoms with Gasteiger partial charge in [0.1, 0.15) is 11.6 Å². The quantitative estimate of drug-likeness (QED) is 0.338. The van der Waals surface area contributed by atoms with E-state index < -0.39 is 63.1 Å². The molecule has 0 aromatic heterocycles. The van der Waals surface area contributed by atoms with Crippen LogP contribution in [0.25, 0.3) is 0 Å². The Bertz CT molecular complexity index is 1250. The predicted octanol–water partition coefficient (Wildman–Crippen LogP) is 2.29. The fraction of sp³-hybridized carbons (Fsp3) is 0.304. The number of urea groups is 1. The minimum Gasteiger partial charge on any atom is -0.451 e. The number of amides is 3. The average molecular weight is 559 g/mol. The number of carbonyl (C=O) groups excluding carboxylic acids is 2. The van der Waals surface area contributed by atoms with Crippen molar-refractivity contribution in [1.29, 1.82) is 0 Å². The van der Waals surface area contributed by atoms with Crippen molar-refractivity contribution in [3.05, 3.63) is 66.6 Å². The molecule has 0 saturated carbocycles. The molecule has 1 aliphatic heterocycles. The predicted molar refractivity (Wildman–Crippen MR) is 126 cm³/mol. The highest BCUT2D eigenvalue weighted by molar-refractivity contribution is 7.89. The number of hydrogen-bond acceptors (Lipinski definition) is 7. The highest BCUT2D eigenvalue weighted by Gasteiger charge is 2.31. The van der Waals surface area contributed by atoms with Crippen LogP contribution in [-0.4, -0.2) is 85.6 Å². The summed E-state index contributed by atoms with van der Waals surface area (Å²) in [7, 11) is -4.73. The van der Waals surface area contributed by atoms with Gasteiger partial charge in [-0.25, -0.2) is 31.9 Å². The molecule has 0 aliphatic carbocycles. The molecule has 3 rings (SSSR count). The zero-order valence-electron chi connectivity index (χ0n) is 20.0. The normalized spacial score (nSPS) is 13.8.